The van der Waals surface area contributed by atoms with E-state index in [9.17, 15) is 9.59 Å². The number of carboxylic acid groups (broad SMARTS) is 1. The fourth-order valence-electron chi connectivity index (χ4n) is 2.82. The van der Waals surface area contributed by atoms with Gasteiger partial charge in [-0.25, -0.2) is 4.68 Å². The average molecular weight is 329 g/mol. The average Bonchev–Trinajstić information content (AvgIpc) is 3.10. The summed E-state index contributed by atoms with van der Waals surface area (Å²) in [4.78, 5) is 25.3. The molecule has 0 saturated carbocycles. The molecule has 1 aliphatic rings. The molecule has 7 nitrogen and oxygen atoms in total. The number of carbonyl (C=O) groups excluding carboxylic acids is 1. The molecule has 126 valence electrons. The van der Waals surface area contributed by atoms with Crippen LogP contribution in [0.4, 0.5) is 0 Å². The highest BCUT2D eigenvalue weighted by Gasteiger charge is 2.29. The Hall–Kier alpha value is -2.67. The summed E-state index contributed by atoms with van der Waals surface area (Å²) in [5.74, 6) is -1.39. The molecule has 0 unspecified atom stereocenters. The molecule has 1 amide bonds. The van der Waals surface area contributed by atoms with Gasteiger partial charge in [0.1, 0.15) is 6.54 Å². The van der Waals surface area contributed by atoms with Crippen LogP contribution in [0.25, 0.3) is 5.69 Å². The van der Waals surface area contributed by atoms with Gasteiger partial charge >= 0.3 is 5.97 Å². The lowest BCUT2D eigenvalue weighted by atomic mass is 10.1. The number of hydrogen-bond acceptors (Lipinski definition) is 4. The summed E-state index contributed by atoms with van der Waals surface area (Å²) in [5.41, 5.74) is 1.08. The highest BCUT2D eigenvalue weighted by Crippen LogP contribution is 2.17. The van der Waals surface area contributed by atoms with Crippen molar-refractivity contribution in [2.24, 2.45) is 0 Å². The Labute approximate surface area is 139 Å². The van der Waals surface area contributed by atoms with Gasteiger partial charge in [0.2, 0.25) is 0 Å². The van der Waals surface area contributed by atoms with Crippen molar-refractivity contribution >= 4 is 11.9 Å². The minimum atomic E-state index is -1.03. The number of benzene rings is 1. The third-order valence-corrected chi connectivity index (χ3v) is 4.03. The van der Waals surface area contributed by atoms with Crippen molar-refractivity contribution in [1.29, 1.82) is 0 Å². The van der Waals surface area contributed by atoms with Gasteiger partial charge in [0.25, 0.3) is 5.91 Å². The summed E-state index contributed by atoms with van der Waals surface area (Å²) in [7, 11) is 0. The molecule has 0 atom stereocenters. The second-order valence-corrected chi connectivity index (χ2v) is 5.65. The Morgan fingerprint density at radius 1 is 1.21 bits per heavy atom. The quantitative estimate of drug-likeness (QED) is 0.900. The van der Waals surface area contributed by atoms with Crippen LogP contribution < -0.4 is 0 Å². The lowest BCUT2D eigenvalue weighted by Gasteiger charge is -2.32. The molecule has 1 N–H and O–H groups in total. The van der Waals surface area contributed by atoms with Gasteiger partial charge in [0.05, 0.1) is 5.69 Å². The number of aliphatic carboxylic acids is 1. The Balaban J connectivity index is 1.81. The number of nitrogens with zero attached hydrogens (tertiary/aromatic N) is 3. The Bertz CT molecular complexity index is 708. The topological polar surface area (TPSA) is 84.7 Å². The van der Waals surface area contributed by atoms with Crippen molar-refractivity contribution < 1.29 is 19.4 Å². The molecule has 1 aromatic heterocycles. The van der Waals surface area contributed by atoms with E-state index in [4.69, 9.17) is 9.84 Å². The number of ether oxygens (including phenoxy) is 1. The van der Waals surface area contributed by atoms with Crippen LogP contribution in [0.5, 0.6) is 0 Å². The Kier molecular flexibility index (Phi) is 4.90. The second-order valence-electron chi connectivity index (χ2n) is 5.65. The van der Waals surface area contributed by atoms with Crippen molar-refractivity contribution in [3.63, 3.8) is 0 Å². The normalized spacial score (nSPS) is 15.2. The van der Waals surface area contributed by atoms with Crippen molar-refractivity contribution in [3.05, 3.63) is 48.3 Å². The second kappa shape index (κ2) is 7.27. The summed E-state index contributed by atoms with van der Waals surface area (Å²) >= 11 is 0. The third kappa shape index (κ3) is 3.62. The number of para-hydroxylation sites is 1. The minimum absolute atomic E-state index is 0.135. The van der Waals surface area contributed by atoms with Crippen LogP contribution in [-0.4, -0.2) is 57.5 Å². The summed E-state index contributed by atoms with van der Waals surface area (Å²) in [6.45, 7) is 0.737. The first-order valence-corrected chi connectivity index (χ1v) is 7.87. The summed E-state index contributed by atoms with van der Waals surface area (Å²) < 4.78 is 6.90. The number of amides is 1. The molecule has 1 saturated heterocycles. The zero-order valence-electron chi connectivity index (χ0n) is 13.2. The minimum Gasteiger partial charge on any atom is -0.480 e. The van der Waals surface area contributed by atoms with Crippen LogP contribution in [0.1, 0.15) is 23.3 Å². The summed E-state index contributed by atoms with van der Waals surface area (Å²) in [6, 6.07) is 10.9. The number of carboxylic acids is 1. The molecule has 3 rings (SSSR count). The molecule has 0 radical (unpaired) electrons. The van der Waals surface area contributed by atoms with Gasteiger partial charge in [-0.15, -0.1) is 0 Å². The van der Waals surface area contributed by atoms with Crippen LogP contribution in [0.3, 0.4) is 0 Å². The summed E-state index contributed by atoms with van der Waals surface area (Å²) in [6.07, 6.45) is 2.97. The number of hydrogen-bond donors (Lipinski definition) is 1. The van der Waals surface area contributed by atoms with Crippen LogP contribution in [0.15, 0.2) is 42.6 Å². The molecule has 1 aliphatic heterocycles. The van der Waals surface area contributed by atoms with Gasteiger partial charge in [0, 0.05) is 25.5 Å². The predicted octanol–water partition coefficient (Wildman–Crippen LogP) is 1.58. The molecular weight excluding hydrogens is 310 g/mol. The maximum absolute atomic E-state index is 12.8. The molecule has 1 aromatic carbocycles. The van der Waals surface area contributed by atoms with Crippen LogP contribution >= 0.6 is 0 Å². The molecule has 0 spiro atoms. The maximum atomic E-state index is 12.8. The number of aromatic nitrogens is 2. The molecule has 2 heterocycles. The SMILES string of the molecule is O=C(O)CN(C(=O)c1ccn(-c2ccccc2)n1)C1CCOCC1. The van der Waals surface area contributed by atoms with Crippen molar-refractivity contribution in [2.75, 3.05) is 19.8 Å². The molecular formula is C17H19N3O4. The molecule has 2 aromatic rings. The fraction of sp³-hybridized carbons (Fsp3) is 0.353. The highest BCUT2D eigenvalue weighted by molar-refractivity contribution is 5.94. The van der Waals surface area contributed by atoms with Crippen LogP contribution in [0.2, 0.25) is 0 Å². The van der Waals surface area contributed by atoms with E-state index in [2.05, 4.69) is 5.10 Å². The van der Waals surface area contributed by atoms with Gasteiger partial charge < -0.3 is 14.7 Å². The zero-order chi connectivity index (χ0) is 16.9. The van der Waals surface area contributed by atoms with E-state index in [-0.39, 0.29) is 24.2 Å². The highest BCUT2D eigenvalue weighted by atomic mass is 16.5. The monoisotopic (exact) mass is 329 g/mol. The van der Waals surface area contributed by atoms with Crippen molar-refractivity contribution in [3.8, 4) is 5.69 Å². The smallest absolute Gasteiger partial charge is 0.323 e. The van der Waals surface area contributed by atoms with Crippen LogP contribution in [-0.2, 0) is 9.53 Å². The molecule has 0 bridgehead atoms. The van der Waals surface area contributed by atoms with E-state index in [0.29, 0.717) is 26.1 Å². The number of carbonyl (C=O) groups is 2. The van der Waals surface area contributed by atoms with E-state index in [0.717, 1.165) is 5.69 Å². The van der Waals surface area contributed by atoms with Gasteiger partial charge in [0.15, 0.2) is 5.69 Å². The standard InChI is InChI=1S/C17H19N3O4/c21-16(22)12-19(13-7-10-24-11-8-13)17(23)15-6-9-20(18-15)14-4-2-1-3-5-14/h1-6,9,13H,7-8,10-12H2,(H,21,22). The Morgan fingerprint density at radius 3 is 2.58 bits per heavy atom. The van der Waals surface area contributed by atoms with Gasteiger partial charge in [-0.2, -0.15) is 5.10 Å². The number of rotatable bonds is 5. The van der Waals surface area contributed by atoms with E-state index in [1.165, 1.54) is 4.90 Å². The first-order valence-electron chi connectivity index (χ1n) is 7.87. The lowest BCUT2D eigenvalue weighted by molar-refractivity contribution is -0.138. The Morgan fingerprint density at radius 2 is 1.92 bits per heavy atom. The van der Waals surface area contributed by atoms with Gasteiger partial charge in [-0.05, 0) is 31.0 Å². The van der Waals surface area contributed by atoms with E-state index in [1.807, 2.05) is 30.3 Å². The van der Waals surface area contributed by atoms with Crippen molar-refractivity contribution in [1.82, 2.24) is 14.7 Å². The third-order valence-electron chi connectivity index (χ3n) is 4.03. The predicted molar refractivity (Wildman–Crippen MR) is 86.1 cm³/mol. The largest absolute Gasteiger partial charge is 0.480 e. The van der Waals surface area contributed by atoms with Gasteiger partial charge in [-0.3, -0.25) is 9.59 Å². The van der Waals surface area contributed by atoms with E-state index >= 15 is 0 Å². The molecule has 1 fully saturated rings. The first-order chi connectivity index (χ1) is 11.6. The molecule has 24 heavy (non-hydrogen) atoms. The zero-order valence-corrected chi connectivity index (χ0v) is 13.2. The first kappa shape index (κ1) is 16.2. The fourth-order valence-corrected chi connectivity index (χ4v) is 2.82. The van der Waals surface area contributed by atoms with E-state index < -0.39 is 5.97 Å². The van der Waals surface area contributed by atoms with Crippen LogP contribution in [0, 0.1) is 0 Å². The lowest BCUT2D eigenvalue weighted by Crippen LogP contribution is -2.46. The summed E-state index contributed by atoms with van der Waals surface area (Å²) in [5, 5.41) is 13.4. The molecule has 7 heteroatoms. The maximum Gasteiger partial charge on any atom is 0.323 e. The van der Waals surface area contributed by atoms with Crippen molar-refractivity contribution in [2.45, 2.75) is 18.9 Å². The van der Waals surface area contributed by atoms with Gasteiger partial charge in [-0.1, -0.05) is 18.2 Å². The molecule has 0 aliphatic carbocycles. The van der Waals surface area contributed by atoms with E-state index in [1.54, 1.807) is 16.9 Å².